The van der Waals surface area contributed by atoms with Gasteiger partial charge in [0, 0.05) is 16.8 Å². The van der Waals surface area contributed by atoms with Crippen LogP contribution in [0.25, 0.3) is 0 Å². The molecule has 0 amide bonds. The molecule has 1 heterocycles. The van der Waals surface area contributed by atoms with Crippen molar-refractivity contribution in [3.8, 4) is 0 Å². The second kappa shape index (κ2) is 4.17. The van der Waals surface area contributed by atoms with Crippen LogP contribution in [0.2, 0.25) is 0 Å². The molecule has 1 aromatic rings. The second-order valence-electron chi connectivity index (χ2n) is 4.61. The summed E-state index contributed by atoms with van der Waals surface area (Å²) in [4.78, 5) is 23.4. The molecule has 0 atom stereocenters. The van der Waals surface area contributed by atoms with E-state index in [1.165, 1.54) is 0 Å². The maximum Gasteiger partial charge on any atom is 0.144 e. The van der Waals surface area contributed by atoms with Gasteiger partial charge in [0.15, 0.2) is 0 Å². The quantitative estimate of drug-likeness (QED) is 0.588. The van der Waals surface area contributed by atoms with E-state index < -0.39 is 0 Å². The molecule has 2 rings (SSSR count). The Kier molecular flexibility index (Phi) is 2.84. The van der Waals surface area contributed by atoms with E-state index in [0.29, 0.717) is 0 Å². The van der Waals surface area contributed by atoms with E-state index in [2.05, 4.69) is 13.8 Å². The van der Waals surface area contributed by atoms with Crippen LogP contribution in [0.1, 0.15) is 19.4 Å². The zero-order chi connectivity index (χ0) is 12.5. The highest BCUT2D eigenvalue weighted by atomic mass is 16.1. The van der Waals surface area contributed by atoms with Crippen molar-refractivity contribution in [2.75, 3.05) is 11.4 Å². The fourth-order valence-electron chi connectivity index (χ4n) is 2.48. The number of aldehydes is 2. The number of para-hydroxylation sites is 1. The number of carbonyl (C=O) groups is 2. The monoisotopic (exact) mass is 229 g/mol. The van der Waals surface area contributed by atoms with Crippen molar-refractivity contribution in [2.24, 2.45) is 0 Å². The maximum atomic E-state index is 10.8. The molecule has 0 saturated heterocycles. The molecular formula is C14H15NO2. The molecule has 0 bridgehead atoms. The van der Waals surface area contributed by atoms with Gasteiger partial charge in [0.05, 0.1) is 6.54 Å². The van der Waals surface area contributed by atoms with E-state index in [1.807, 2.05) is 29.2 Å². The number of hydrogen-bond donors (Lipinski definition) is 0. The van der Waals surface area contributed by atoms with Gasteiger partial charge in [0.2, 0.25) is 0 Å². The third kappa shape index (κ3) is 1.68. The summed E-state index contributed by atoms with van der Waals surface area (Å²) in [6.07, 6.45) is 3.18. The first-order valence-electron chi connectivity index (χ1n) is 5.59. The summed E-state index contributed by atoms with van der Waals surface area (Å²) >= 11 is 0. The van der Waals surface area contributed by atoms with Crippen LogP contribution in [0, 0.1) is 0 Å². The standard InChI is InChI=1S/C14H15NO2/c1-14(2)11-5-3-4-6-12(11)15(8-10-17)13(14)7-9-16/h3-7,9-10H,8H2,1-2H3/b13-7-. The fourth-order valence-corrected chi connectivity index (χ4v) is 2.48. The van der Waals surface area contributed by atoms with Gasteiger partial charge in [-0.2, -0.15) is 0 Å². The summed E-state index contributed by atoms with van der Waals surface area (Å²) in [5.41, 5.74) is 2.80. The molecule has 3 nitrogen and oxygen atoms in total. The second-order valence-corrected chi connectivity index (χ2v) is 4.61. The van der Waals surface area contributed by atoms with E-state index >= 15 is 0 Å². The van der Waals surface area contributed by atoms with Gasteiger partial charge in [-0.05, 0) is 17.7 Å². The number of benzene rings is 1. The van der Waals surface area contributed by atoms with Crippen molar-refractivity contribution >= 4 is 18.3 Å². The number of rotatable bonds is 3. The van der Waals surface area contributed by atoms with Crippen LogP contribution in [0.15, 0.2) is 36.0 Å². The molecule has 17 heavy (non-hydrogen) atoms. The topological polar surface area (TPSA) is 37.4 Å². The normalized spacial score (nSPS) is 19.2. The zero-order valence-electron chi connectivity index (χ0n) is 10.0. The van der Waals surface area contributed by atoms with Gasteiger partial charge in [-0.3, -0.25) is 4.79 Å². The van der Waals surface area contributed by atoms with Crippen LogP contribution < -0.4 is 4.90 Å². The highest BCUT2D eigenvalue weighted by Crippen LogP contribution is 2.46. The van der Waals surface area contributed by atoms with Gasteiger partial charge < -0.3 is 9.69 Å². The van der Waals surface area contributed by atoms with E-state index in [-0.39, 0.29) is 12.0 Å². The molecule has 0 unspecified atom stereocenters. The number of allylic oxidation sites excluding steroid dienone is 2. The first kappa shape index (κ1) is 11.6. The van der Waals surface area contributed by atoms with Crippen molar-refractivity contribution in [1.82, 2.24) is 0 Å². The van der Waals surface area contributed by atoms with Gasteiger partial charge in [-0.1, -0.05) is 32.0 Å². The molecule has 0 aliphatic carbocycles. The molecule has 1 aliphatic rings. The molecule has 0 saturated carbocycles. The van der Waals surface area contributed by atoms with Gasteiger partial charge in [-0.15, -0.1) is 0 Å². The van der Waals surface area contributed by atoms with Crippen molar-refractivity contribution in [3.05, 3.63) is 41.6 Å². The van der Waals surface area contributed by atoms with Crippen molar-refractivity contribution in [2.45, 2.75) is 19.3 Å². The Morgan fingerprint density at radius 3 is 2.59 bits per heavy atom. The lowest BCUT2D eigenvalue weighted by atomic mass is 9.84. The Morgan fingerprint density at radius 2 is 1.94 bits per heavy atom. The molecule has 0 N–H and O–H groups in total. The van der Waals surface area contributed by atoms with Crippen LogP contribution in [0.3, 0.4) is 0 Å². The van der Waals surface area contributed by atoms with Crippen molar-refractivity contribution in [1.29, 1.82) is 0 Å². The number of anilines is 1. The van der Waals surface area contributed by atoms with Crippen molar-refractivity contribution < 1.29 is 9.59 Å². The number of nitrogens with zero attached hydrogens (tertiary/aromatic N) is 1. The summed E-state index contributed by atoms with van der Waals surface area (Å²) in [6, 6.07) is 7.94. The summed E-state index contributed by atoms with van der Waals surface area (Å²) in [5.74, 6) is 0. The Morgan fingerprint density at radius 1 is 1.24 bits per heavy atom. The molecule has 88 valence electrons. The third-order valence-corrected chi connectivity index (χ3v) is 3.28. The average molecular weight is 229 g/mol. The van der Waals surface area contributed by atoms with Crippen LogP contribution >= 0.6 is 0 Å². The average Bonchev–Trinajstić information content (AvgIpc) is 2.52. The van der Waals surface area contributed by atoms with Crippen LogP contribution in [0.4, 0.5) is 5.69 Å². The lowest BCUT2D eigenvalue weighted by Crippen LogP contribution is -2.27. The predicted octanol–water partition coefficient (Wildman–Crippen LogP) is 2.07. The Hall–Kier alpha value is -1.90. The van der Waals surface area contributed by atoms with E-state index in [9.17, 15) is 9.59 Å². The molecule has 3 heteroatoms. The van der Waals surface area contributed by atoms with E-state index in [1.54, 1.807) is 6.08 Å². The Labute approximate surface area is 101 Å². The minimum atomic E-state index is -0.236. The van der Waals surface area contributed by atoms with Gasteiger partial charge in [0.25, 0.3) is 0 Å². The van der Waals surface area contributed by atoms with Gasteiger partial charge >= 0.3 is 0 Å². The largest absolute Gasteiger partial charge is 0.337 e. The summed E-state index contributed by atoms with van der Waals surface area (Å²) < 4.78 is 0. The van der Waals surface area contributed by atoms with Crippen LogP contribution in [-0.4, -0.2) is 19.1 Å². The summed E-state index contributed by atoms with van der Waals surface area (Å²) in [6.45, 7) is 4.40. The predicted molar refractivity (Wildman–Crippen MR) is 67.0 cm³/mol. The molecule has 0 fully saturated rings. The smallest absolute Gasteiger partial charge is 0.144 e. The van der Waals surface area contributed by atoms with Gasteiger partial charge in [-0.25, -0.2) is 0 Å². The van der Waals surface area contributed by atoms with Crippen LogP contribution in [-0.2, 0) is 15.0 Å². The molecule has 0 radical (unpaired) electrons. The molecular weight excluding hydrogens is 214 g/mol. The summed E-state index contributed by atoms with van der Waals surface area (Å²) in [7, 11) is 0. The highest BCUT2D eigenvalue weighted by molar-refractivity contribution is 5.79. The fraction of sp³-hybridized carbons (Fsp3) is 0.286. The first-order valence-corrected chi connectivity index (χ1v) is 5.59. The first-order chi connectivity index (χ1) is 8.12. The number of fused-ring (bicyclic) bond motifs is 1. The molecule has 0 aromatic heterocycles. The molecule has 1 aliphatic heterocycles. The minimum absolute atomic E-state index is 0.236. The lowest BCUT2D eigenvalue weighted by molar-refractivity contribution is -0.107. The Bertz CT molecular complexity index is 489. The maximum absolute atomic E-state index is 10.8. The number of hydrogen-bond acceptors (Lipinski definition) is 3. The molecule has 0 spiro atoms. The van der Waals surface area contributed by atoms with Gasteiger partial charge in [0.1, 0.15) is 12.6 Å². The van der Waals surface area contributed by atoms with E-state index in [0.717, 1.165) is 29.5 Å². The number of carbonyl (C=O) groups excluding carboxylic acids is 2. The minimum Gasteiger partial charge on any atom is -0.337 e. The zero-order valence-corrected chi connectivity index (χ0v) is 10.0. The van der Waals surface area contributed by atoms with Crippen LogP contribution in [0.5, 0.6) is 0 Å². The Balaban J connectivity index is 2.62. The summed E-state index contributed by atoms with van der Waals surface area (Å²) in [5, 5.41) is 0. The van der Waals surface area contributed by atoms with E-state index in [4.69, 9.17) is 0 Å². The van der Waals surface area contributed by atoms with Crippen molar-refractivity contribution in [3.63, 3.8) is 0 Å². The molecule has 1 aromatic carbocycles. The lowest BCUT2D eigenvalue weighted by Gasteiger charge is -2.24. The highest BCUT2D eigenvalue weighted by Gasteiger charge is 2.39. The third-order valence-electron chi connectivity index (χ3n) is 3.28. The SMILES string of the molecule is CC1(C)/C(=C/C=O)N(CC=O)c2ccccc21.